The minimum absolute atomic E-state index is 0.112. The van der Waals surface area contributed by atoms with Crippen molar-refractivity contribution in [2.75, 3.05) is 11.4 Å². The highest BCUT2D eigenvalue weighted by molar-refractivity contribution is 6.23. The third-order valence-corrected chi connectivity index (χ3v) is 5.96. The molecular formula is C30H34N4O2. The first-order valence-corrected chi connectivity index (χ1v) is 12.5. The van der Waals surface area contributed by atoms with Crippen molar-refractivity contribution in [3.05, 3.63) is 96.1 Å². The maximum Gasteiger partial charge on any atom is 0.265 e. The van der Waals surface area contributed by atoms with E-state index in [-0.39, 0.29) is 11.8 Å². The summed E-state index contributed by atoms with van der Waals surface area (Å²) in [4.78, 5) is 36.4. The van der Waals surface area contributed by atoms with E-state index in [4.69, 9.17) is 4.99 Å². The summed E-state index contributed by atoms with van der Waals surface area (Å²) in [6.45, 7) is 8.61. The summed E-state index contributed by atoms with van der Waals surface area (Å²) < 4.78 is 0. The van der Waals surface area contributed by atoms with Gasteiger partial charge in [0.1, 0.15) is 6.04 Å². The van der Waals surface area contributed by atoms with E-state index in [0.717, 1.165) is 18.4 Å². The van der Waals surface area contributed by atoms with E-state index in [9.17, 15) is 9.59 Å². The Bertz CT molecular complexity index is 1230. The topological polar surface area (TPSA) is 65.0 Å². The molecule has 6 heteroatoms. The zero-order valence-corrected chi connectivity index (χ0v) is 21.4. The summed E-state index contributed by atoms with van der Waals surface area (Å²) in [7, 11) is 0. The normalized spacial score (nSPS) is 15.1. The number of carbonyl (C=O) groups excluding carboxylic acids is 2. The number of anilines is 1. The van der Waals surface area contributed by atoms with Crippen molar-refractivity contribution in [2.45, 2.75) is 52.1 Å². The number of fused-ring (bicyclic) bond motifs is 1. The molecule has 1 unspecified atom stereocenters. The summed E-state index contributed by atoms with van der Waals surface area (Å²) in [5.41, 5.74) is 2.36. The highest BCUT2D eigenvalue weighted by Crippen LogP contribution is 2.37. The Morgan fingerprint density at radius 2 is 1.53 bits per heavy atom. The molecule has 0 radical (unpaired) electrons. The molecule has 1 aliphatic rings. The number of amides is 2. The predicted octanol–water partition coefficient (Wildman–Crippen LogP) is 6.09. The number of rotatable bonds is 6. The Morgan fingerprint density at radius 1 is 0.917 bits per heavy atom. The van der Waals surface area contributed by atoms with Gasteiger partial charge in [0.25, 0.3) is 5.91 Å². The number of nitrogens with one attached hydrogen (secondary N) is 1. The van der Waals surface area contributed by atoms with Crippen molar-refractivity contribution in [1.82, 2.24) is 10.2 Å². The monoisotopic (exact) mass is 482 g/mol. The van der Waals surface area contributed by atoms with Crippen LogP contribution in [-0.4, -0.2) is 34.8 Å². The lowest BCUT2D eigenvalue weighted by molar-refractivity contribution is -0.126. The van der Waals surface area contributed by atoms with E-state index in [1.54, 1.807) is 17.0 Å². The number of hydrogen-bond donors (Lipinski definition) is 1. The van der Waals surface area contributed by atoms with E-state index in [1.165, 1.54) is 0 Å². The zero-order valence-electron chi connectivity index (χ0n) is 21.4. The van der Waals surface area contributed by atoms with Crippen LogP contribution < -0.4 is 10.2 Å². The van der Waals surface area contributed by atoms with Gasteiger partial charge in [0, 0.05) is 23.2 Å². The molecule has 1 heterocycles. The number of nitrogens with zero attached hydrogens (tertiary/aromatic N) is 3. The first-order chi connectivity index (χ1) is 17.3. The SMILES string of the molecule is CCCCN1C(N(C(=O)c2ccccc2)c2ccccc2)=Nc2ccccc2C1C(=O)NC(C)(C)C. The second-order valence-electron chi connectivity index (χ2n) is 10.0. The molecule has 36 heavy (non-hydrogen) atoms. The molecule has 0 aliphatic carbocycles. The molecule has 0 saturated carbocycles. The smallest absolute Gasteiger partial charge is 0.265 e. The molecule has 0 spiro atoms. The Labute approximate surface area is 213 Å². The number of unbranched alkanes of at least 4 members (excludes halogenated alkanes) is 1. The van der Waals surface area contributed by atoms with Crippen molar-refractivity contribution in [1.29, 1.82) is 0 Å². The lowest BCUT2D eigenvalue weighted by Crippen LogP contribution is -2.55. The number of benzene rings is 3. The van der Waals surface area contributed by atoms with Gasteiger partial charge in [-0.3, -0.25) is 9.59 Å². The molecule has 186 valence electrons. The van der Waals surface area contributed by atoms with E-state index in [0.29, 0.717) is 29.4 Å². The van der Waals surface area contributed by atoms with Crippen molar-refractivity contribution in [3.63, 3.8) is 0 Å². The largest absolute Gasteiger partial charge is 0.349 e. The number of guanidine groups is 1. The van der Waals surface area contributed by atoms with Gasteiger partial charge < -0.3 is 10.2 Å². The summed E-state index contributed by atoms with van der Waals surface area (Å²) in [6, 6.07) is 25.8. The molecule has 1 aliphatic heterocycles. The molecule has 0 saturated heterocycles. The van der Waals surface area contributed by atoms with Gasteiger partial charge in [0.15, 0.2) is 0 Å². The van der Waals surface area contributed by atoms with Gasteiger partial charge >= 0.3 is 0 Å². The molecule has 3 aromatic rings. The maximum absolute atomic E-state index is 14.0. The van der Waals surface area contributed by atoms with Crippen LogP contribution in [0.5, 0.6) is 0 Å². The first kappa shape index (κ1) is 25.2. The maximum atomic E-state index is 14.0. The molecule has 0 bridgehead atoms. The quantitative estimate of drug-likeness (QED) is 0.462. The van der Waals surface area contributed by atoms with Crippen molar-refractivity contribution >= 4 is 29.1 Å². The van der Waals surface area contributed by atoms with Gasteiger partial charge in [-0.1, -0.05) is 67.9 Å². The van der Waals surface area contributed by atoms with E-state index in [2.05, 4.69) is 12.2 Å². The molecule has 2 amide bonds. The van der Waals surface area contributed by atoms with Gasteiger partial charge in [-0.05, 0) is 57.5 Å². The van der Waals surface area contributed by atoms with Crippen molar-refractivity contribution in [2.24, 2.45) is 4.99 Å². The van der Waals surface area contributed by atoms with Crippen LogP contribution >= 0.6 is 0 Å². The van der Waals surface area contributed by atoms with Crippen LogP contribution in [0, 0.1) is 0 Å². The average molecular weight is 483 g/mol. The molecule has 3 aromatic carbocycles. The van der Waals surface area contributed by atoms with Crippen LogP contribution in [-0.2, 0) is 4.79 Å². The average Bonchev–Trinajstić information content (AvgIpc) is 2.87. The standard InChI is InChI=1S/C30H34N4O2/c1-5-6-21-33-26(27(35)32-30(2,3)4)24-19-13-14-20-25(24)31-29(33)34(23-17-11-8-12-18-23)28(36)22-15-9-7-10-16-22/h7-20,26H,5-6,21H2,1-4H3,(H,32,35). The molecular weight excluding hydrogens is 448 g/mol. The number of carbonyl (C=O) groups is 2. The van der Waals surface area contributed by atoms with Crippen molar-refractivity contribution in [3.8, 4) is 0 Å². The van der Waals surface area contributed by atoms with Crippen LogP contribution in [0.15, 0.2) is 89.9 Å². The van der Waals surface area contributed by atoms with Crippen LogP contribution in [0.4, 0.5) is 11.4 Å². The van der Waals surface area contributed by atoms with Crippen LogP contribution in [0.2, 0.25) is 0 Å². The highest BCUT2D eigenvalue weighted by Gasteiger charge is 2.40. The Hall–Kier alpha value is -3.93. The first-order valence-electron chi connectivity index (χ1n) is 12.5. The second kappa shape index (κ2) is 10.8. The van der Waals surface area contributed by atoms with Crippen LogP contribution in [0.3, 0.4) is 0 Å². The predicted molar refractivity (Wildman–Crippen MR) is 145 cm³/mol. The Morgan fingerprint density at radius 3 is 2.17 bits per heavy atom. The highest BCUT2D eigenvalue weighted by atomic mass is 16.2. The van der Waals surface area contributed by atoms with Crippen LogP contribution in [0.25, 0.3) is 0 Å². The van der Waals surface area contributed by atoms with Gasteiger partial charge in [-0.25, -0.2) is 9.89 Å². The lowest BCUT2D eigenvalue weighted by Gasteiger charge is -2.41. The molecule has 4 rings (SSSR count). The fourth-order valence-corrected chi connectivity index (χ4v) is 4.34. The number of aliphatic imine (C=N–C) groups is 1. The van der Waals surface area contributed by atoms with Gasteiger partial charge in [0.05, 0.1) is 11.4 Å². The van der Waals surface area contributed by atoms with E-state index >= 15 is 0 Å². The lowest BCUT2D eigenvalue weighted by atomic mass is 9.98. The molecule has 1 atom stereocenters. The third-order valence-electron chi connectivity index (χ3n) is 5.96. The van der Waals surface area contributed by atoms with Gasteiger partial charge in [0.2, 0.25) is 11.9 Å². The summed E-state index contributed by atoms with van der Waals surface area (Å²) in [5.74, 6) is 0.145. The van der Waals surface area contributed by atoms with E-state index in [1.807, 2.05) is 98.5 Å². The van der Waals surface area contributed by atoms with Crippen LogP contribution in [0.1, 0.15) is 62.5 Å². The summed E-state index contributed by atoms with van der Waals surface area (Å²) >= 11 is 0. The fourth-order valence-electron chi connectivity index (χ4n) is 4.34. The molecule has 6 nitrogen and oxygen atoms in total. The summed E-state index contributed by atoms with van der Waals surface area (Å²) in [6.07, 6.45) is 1.79. The third kappa shape index (κ3) is 5.48. The molecule has 1 N–H and O–H groups in total. The van der Waals surface area contributed by atoms with Gasteiger partial charge in [-0.2, -0.15) is 0 Å². The molecule has 0 aromatic heterocycles. The number of hydrogen-bond acceptors (Lipinski definition) is 4. The summed E-state index contributed by atoms with van der Waals surface area (Å²) in [5, 5.41) is 3.16. The second-order valence-corrected chi connectivity index (χ2v) is 10.0. The van der Waals surface area contributed by atoms with Crippen molar-refractivity contribution < 1.29 is 9.59 Å². The van der Waals surface area contributed by atoms with E-state index < -0.39 is 11.6 Å². The fraction of sp³-hybridized carbons (Fsp3) is 0.300. The Balaban J connectivity index is 1.91. The van der Waals surface area contributed by atoms with Gasteiger partial charge in [-0.15, -0.1) is 0 Å². The molecule has 0 fully saturated rings. The Kier molecular flexibility index (Phi) is 7.53. The minimum Gasteiger partial charge on any atom is -0.349 e. The number of para-hydroxylation sites is 2. The zero-order chi connectivity index (χ0) is 25.7. The minimum atomic E-state index is -0.616.